The van der Waals surface area contributed by atoms with Crippen LogP contribution in [0.1, 0.15) is 34.6 Å². The van der Waals surface area contributed by atoms with Gasteiger partial charge >= 0.3 is 18.1 Å². The smallest absolute Gasteiger partial charge is 0.465 e. The fourth-order valence-electron chi connectivity index (χ4n) is 1.65. The molecule has 1 rings (SSSR count). The van der Waals surface area contributed by atoms with E-state index in [1.54, 1.807) is 37.3 Å². The molecule has 1 aromatic carbocycles. The Bertz CT molecular complexity index is 608. The van der Waals surface area contributed by atoms with Gasteiger partial charge in [0.2, 0.25) is 0 Å². The number of hydrogen-bond acceptors (Lipinski definition) is 7. The Morgan fingerprint density at radius 2 is 1.60 bits per heavy atom. The number of thioether (sulfide) groups is 1. The van der Waals surface area contributed by atoms with E-state index in [9.17, 15) is 14.4 Å². The van der Waals surface area contributed by atoms with Crippen molar-refractivity contribution in [3.8, 4) is 5.75 Å². The van der Waals surface area contributed by atoms with Crippen LogP contribution in [0, 0.1) is 5.41 Å². The fourth-order valence-corrected chi connectivity index (χ4v) is 2.60. The van der Waals surface area contributed by atoms with Crippen LogP contribution in [-0.4, -0.2) is 35.2 Å². The van der Waals surface area contributed by atoms with E-state index in [2.05, 4.69) is 0 Å². The lowest BCUT2D eigenvalue weighted by Crippen LogP contribution is -2.43. The van der Waals surface area contributed by atoms with Crippen LogP contribution < -0.4 is 4.74 Å². The largest absolute Gasteiger partial charge is 0.521 e. The topological polar surface area (TPSA) is 78.9 Å². The Morgan fingerprint density at radius 3 is 2.12 bits per heavy atom. The monoisotopic (exact) mass is 368 g/mol. The molecule has 138 valence electrons. The summed E-state index contributed by atoms with van der Waals surface area (Å²) < 4.78 is 14.5. The molecular formula is C18H24O6S. The second kappa shape index (κ2) is 8.89. The third-order valence-electron chi connectivity index (χ3n) is 3.09. The highest BCUT2D eigenvalue weighted by Gasteiger charge is 2.46. The molecule has 0 heterocycles. The van der Waals surface area contributed by atoms with Gasteiger partial charge in [-0.05, 0) is 26.0 Å². The normalized spacial score (nSPS) is 13.5. The van der Waals surface area contributed by atoms with E-state index in [1.165, 1.54) is 18.7 Å². The first-order chi connectivity index (χ1) is 11.6. The van der Waals surface area contributed by atoms with E-state index in [4.69, 9.17) is 14.2 Å². The molecule has 1 atom stereocenters. The minimum Gasteiger partial charge on any atom is -0.465 e. The Kier molecular flexibility index (Phi) is 7.48. The van der Waals surface area contributed by atoms with Gasteiger partial charge in [0, 0.05) is 10.5 Å². The van der Waals surface area contributed by atoms with Crippen LogP contribution in [-0.2, 0) is 19.1 Å². The minimum absolute atomic E-state index is 0.118. The number of carbonyl (C=O) groups is 3. The van der Waals surface area contributed by atoms with Gasteiger partial charge in [-0.2, -0.15) is 11.8 Å². The predicted molar refractivity (Wildman–Crippen MR) is 95.5 cm³/mol. The van der Waals surface area contributed by atoms with E-state index in [1.807, 2.05) is 20.8 Å². The van der Waals surface area contributed by atoms with Crippen LogP contribution in [0.4, 0.5) is 4.79 Å². The highest BCUT2D eigenvalue weighted by Crippen LogP contribution is 2.33. The molecular weight excluding hydrogens is 344 g/mol. The first-order valence-electron chi connectivity index (χ1n) is 7.89. The summed E-state index contributed by atoms with van der Waals surface area (Å²) in [6.07, 6.45) is -1.19. The number of benzene rings is 1. The molecule has 0 N–H and O–H groups in total. The van der Waals surface area contributed by atoms with Crippen molar-refractivity contribution in [2.75, 3.05) is 12.4 Å². The summed E-state index contributed by atoms with van der Waals surface area (Å²) in [7, 11) is 0. The van der Waals surface area contributed by atoms with Crippen molar-refractivity contribution in [1.29, 1.82) is 0 Å². The van der Waals surface area contributed by atoms with E-state index in [0.29, 0.717) is 0 Å². The van der Waals surface area contributed by atoms with Crippen LogP contribution in [0.25, 0.3) is 0 Å². The molecule has 1 aromatic rings. The van der Waals surface area contributed by atoms with Crippen molar-refractivity contribution in [3.05, 3.63) is 30.3 Å². The number of ether oxygens (including phenoxy) is 3. The van der Waals surface area contributed by atoms with Crippen molar-refractivity contribution < 1.29 is 28.6 Å². The summed E-state index contributed by atoms with van der Waals surface area (Å²) in [5.74, 6) is -1.37. The minimum atomic E-state index is -1.61. The molecule has 0 bridgehead atoms. The maximum Gasteiger partial charge on any atom is 0.521 e. The highest BCUT2D eigenvalue weighted by molar-refractivity contribution is 8.00. The van der Waals surface area contributed by atoms with Crippen LogP contribution in [0.3, 0.4) is 0 Å². The van der Waals surface area contributed by atoms with Gasteiger partial charge < -0.3 is 14.2 Å². The Hall–Kier alpha value is -2.02. The number of rotatable bonds is 6. The molecule has 25 heavy (non-hydrogen) atoms. The Morgan fingerprint density at radius 1 is 1.00 bits per heavy atom. The second-order valence-electron chi connectivity index (χ2n) is 6.51. The number of carbonyl (C=O) groups excluding carboxylic acids is 3. The SMILES string of the molecule is CCOC(=O)[C@@](C)(CSC(C)(C)C)C(=O)OC(=O)Oc1ccccc1. The lowest BCUT2D eigenvalue weighted by atomic mass is 9.93. The standard InChI is InChI=1S/C18H24O6S/c1-6-22-14(19)18(5,12-25-17(2,3)4)15(20)24-16(21)23-13-10-8-7-9-11-13/h7-11H,6,12H2,1-5H3/t18-/m1/s1. The van der Waals surface area contributed by atoms with Crippen molar-refractivity contribution >= 4 is 29.9 Å². The zero-order chi connectivity index (χ0) is 19.1. The molecule has 0 aliphatic heterocycles. The lowest BCUT2D eigenvalue weighted by Gasteiger charge is -2.27. The van der Waals surface area contributed by atoms with Crippen LogP contribution in [0.5, 0.6) is 5.75 Å². The molecule has 6 nitrogen and oxygen atoms in total. The maximum atomic E-state index is 12.5. The zero-order valence-electron chi connectivity index (χ0n) is 15.2. The molecule has 0 unspecified atom stereocenters. The summed E-state index contributed by atoms with van der Waals surface area (Å²) >= 11 is 1.40. The number of hydrogen-bond donors (Lipinski definition) is 0. The van der Waals surface area contributed by atoms with Crippen LogP contribution in [0.15, 0.2) is 30.3 Å². The van der Waals surface area contributed by atoms with Gasteiger partial charge in [0.1, 0.15) is 5.75 Å². The summed E-state index contributed by atoms with van der Waals surface area (Å²) in [6.45, 7) is 9.04. The molecule has 0 aliphatic rings. The lowest BCUT2D eigenvalue weighted by molar-refractivity contribution is -0.165. The Labute approximate surface area is 152 Å². The van der Waals surface area contributed by atoms with Gasteiger partial charge in [0.05, 0.1) is 6.61 Å². The second-order valence-corrected chi connectivity index (χ2v) is 8.31. The summed E-state index contributed by atoms with van der Waals surface area (Å²) in [5, 5.41) is 0. The summed E-state index contributed by atoms with van der Waals surface area (Å²) in [4.78, 5) is 36.6. The van der Waals surface area contributed by atoms with Crippen LogP contribution >= 0.6 is 11.8 Å². The maximum absolute atomic E-state index is 12.5. The molecule has 0 amide bonds. The molecule has 7 heteroatoms. The van der Waals surface area contributed by atoms with E-state index in [-0.39, 0.29) is 22.9 Å². The van der Waals surface area contributed by atoms with Gasteiger partial charge in [-0.25, -0.2) is 4.79 Å². The average molecular weight is 368 g/mol. The van der Waals surface area contributed by atoms with Gasteiger partial charge in [0.15, 0.2) is 5.41 Å². The predicted octanol–water partition coefficient (Wildman–Crippen LogP) is 3.83. The molecule has 0 fully saturated rings. The fraction of sp³-hybridized carbons (Fsp3) is 0.500. The third kappa shape index (κ3) is 6.78. The van der Waals surface area contributed by atoms with E-state index in [0.717, 1.165) is 0 Å². The molecule has 0 aliphatic carbocycles. The first-order valence-corrected chi connectivity index (χ1v) is 8.87. The van der Waals surface area contributed by atoms with Crippen LogP contribution in [0.2, 0.25) is 0 Å². The quantitative estimate of drug-likeness (QED) is 0.429. The van der Waals surface area contributed by atoms with Gasteiger partial charge in [0.25, 0.3) is 0 Å². The van der Waals surface area contributed by atoms with Crippen molar-refractivity contribution in [1.82, 2.24) is 0 Å². The molecule has 0 saturated carbocycles. The summed E-state index contributed by atoms with van der Waals surface area (Å²) in [6, 6.07) is 8.20. The van der Waals surface area contributed by atoms with Crippen molar-refractivity contribution in [2.24, 2.45) is 5.41 Å². The molecule has 0 saturated heterocycles. The number of esters is 2. The zero-order valence-corrected chi connectivity index (χ0v) is 16.0. The Balaban J connectivity index is 2.84. The average Bonchev–Trinajstić information content (AvgIpc) is 2.52. The van der Waals surface area contributed by atoms with E-state index >= 15 is 0 Å². The first kappa shape index (κ1) is 21.0. The number of para-hydroxylation sites is 1. The molecule has 0 aromatic heterocycles. The highest BCUT2D eigenvalue weighted by atomic mass is 32.2. The third-order valence-corrected chi connectivity index (χ3v) is 4.68. The van der Waals surface area contributed by atoms with Gasteiger partial charge in [-0.1, -0.05) is 39.0 Å². The molecule has 0 spiro atoms. The van der Waals surface area contributed by atoms with E-state index < -0.39 is 23.5 Å². The van der Waals surface area contributed by atoms with Crippen molar-refractivity contribution in [3.63, 3.8) is 0 Å². The summed E-state index contributed by atoms with van der Waals surface area (Å²) in [5.41, 5.74) is -1.61. The van der Waals surface area contributed by atoms with Gasteiger partial charge in [-0.3, -0.25) is 9.59 Å². The molecule has 0 radical (unpaired) electrons. The van der Waals surface area contributed by atoms with Crippen molar-refractivity contribution in [2.45, 2.75) is 39.4 Å². The van der Waals surface area contributed by atoms with Gasteiger partial charge in [-0.15, -0.1) is 0 Å².